The molecule has 0 amide bonds. The summed E-state index contributed by atoms with van der Waals surface area (Å²) < 4.78 is 38.5. The highest BCUT2D eigenvalue weighted by molar-refractivity contribution is 5.77. The first-order valence-electron chi connectivity index (χ1n) is 12.5. The second-order valence-electron chi connectivity index (χ2n) is 12.7. The Morgan fingerprint density at radius 2 is 1.73 bits per heavy atom. The van der Waals surface area contributed by atoms with E-state index < -0.39 is 45.8 Å². The lowest BCUT2D eigenvalue weighted by Gasteiger charge is -2.58. The number of hydrogen-bond donors (Lipinski definition) is 0. The minimum Gasteiger partial charge on any atom is -0.465 e. The van der Waals surface area contributed by atoms with Gasteiger partial charge in [-0.2, -0.15) is 0 Å². The Labute approximate surface area is 193 Å². The largest absolute Gasteiger partial charge is 0.465 e. The lowest BCUT2D eigenvalue weighted by molar-refractivity contribution is -0.434. The van der Waals surface area contributed by atoms with E-state index in [9.17, 15) is 9.59 Å². The molecule has 7 aliphatic rings. The van der Waals surface area contributed by atoms with Gasteiger partial charge in [0.15, 0.2) is 0 Å². The molecule has 8 heteroatoms. The highest BCUT2D eigenvalue weighted by Gasteiger charge is 2.87. The predicted molar refractivity (Wildman–Crippen MR) is 111 cm³/mol. The van der Waals surface area contributed by atoms with Gasteiger partial charge in [-0.3, -0.25) is 14.3 Å². The fourth-order valence-electron chi connectivity index (χ4n) is 9.30. The van der Waals surface area contributed by atoms with E-state index in [1.165, 1.54) is 0 Å². The van der Waals surface area contributed by atoms with E-state index in [1.807, 2.05) is 0 Å². The second-order valence-corrected chi connectivity index (χ2v) is 12.7. The number of esters is 2. The standard InChI is InChI=1S/C25H34O8/c1-12-7-8-14-20(3,4)29-15-9-16(26)28-11-23(14,15)24(12)10-21(5)13(2)17-18-22(6,31-19(17)27)32-25(21,30-18)33-24/h12-15,17-18H,7-11H2,1-6H3/t12-,13-,14-,15-,17+,18-,21+,22-,23+,24-,25+/m0/s1. The number of ether oxygens (including phenoxy) is 6. The molecule has 0 unspecified atom stereocenters. The quantitative estimate of drug-likeness (QED) is 0.508. The highest BCUT2D eigenvalue weighted by atomic mass is 17.0. The van der Waals surface area contributed by atoms with Gasteiger partial charge in [-0.05, 0) is 44.9 Å². The molecular formula is C25H34O8. The van der Waals surface area contributed by atoms with E-state index in [4.69, 9.17) is 28.4 Å². The molecule has 11 atom stereocenters. The molecule has 7 fully saturated rings. The molecule has 0 aromatic heterocycles. The molecule has 6 saturated heterocycles. The monoisotopic (exact) mass is 462 g/mol. The first-order valence-corrected chi connectivity index (χ1v) is 12.5. The van der Waals surface area contributed by atoms with Crippen LogP contribution in [0.2, 0.25) is 0 Å². The van der Waals surface area contributed by atoms with Crippen LogP contribution >= 0.6 is 0 Å². The summed E-state index contributed by atoms with van der Waals surface area (Å²) in [4.78, 5) is 25.2. The van der Waals surface area contributed by atoms with Gasteiger partial charge in [0.2, 0.25) is 5.79 Å². The molecule has 7 rings (SSSR count). The van der Waals surface area contributed by atoms with Crippen molar-refractivity contribution >= 4 is 11.9 Å². The molecule has 33 heavy (non-hydrogen) atoms. The van der Waals surface area contributed by atoms with Gasteiger partial charge in [-0.1, -0.05) is 20.8 Å². The van der Waals surface area contributed by atoms with Crippen molar-refractivity contribution in [3.8, 4) is 0 Å². The Morgan fingerprint density at radius 1 is 0.970 bits per heavy atom. The van der Waals surface area contributed by atoms with Crippen LogP contribution in [0.3, 0.4) is 0 Å². The lowest BCUT2D eigenvalue weighted by Crippen LogP contribution is -2.67. The van der Waals surface area contributed by atoms with Crippen LogP contribution in [0.4, 0.5) is 0 Å². The molecule has 3 spiro atoms. The minimum atomic E-state index is -1.31. The summed E-state index contributed by atoms with van der Waals surface area (Å²) in [6.45, 7) is 12.8. The third-order valence-electron chi connectivity index (χ3n) is 11.0. The molecule has 8 nitrogen and oxygen atoms in total. The molecule has 1 saturated carbocycles. The van der Waals surface area contributed by atoms with Crippen LogP contribution in [0.15, 0.2) is 0 Å². The van der Waals surface area contributed by atoms with Crippen molar-refractivity contribution in [2.45, 2.75) is 102 Å². The third kappa shape index (κ3) is 2.00. The Morgan fingerprint density at radius 3 is 2.48 bits per heavy atom. The van der Waals surface area contributed by atoms with Gasteiger partial charge in [0.05, 0.1) is 40.5 Å². The van der Waals surface area contributed by atoms with Crippen LogP contribution in [0.1, 0.15) is 67.2 Å². The summed E-state index contributed by atoms with van der Waals surface area (Å²) in [6, 6.07) is 0. The number of rotatable bonds is 0. The van der Waals surface area contributed by atoms with Crippen LogP contribution < -0.4 is 0 Å². The van der Waals surface area contributed by atoms with Crippen molar-refractivity contribution in [2.24, 2.45) is 34.5 Å². The van der Waals surface area contributed by atoms with Crippen LogP contribution in [0.5, 0.6) is 0 Å². The maximum atomic E-state index is 12.8. The molecule has 2 bridgehead atoms. The SMILES string of the molecule is C[C@H]1CC[C@H]2C(C)(C)O[C@H]3CC(=O)OC[C@]32[C@]12C[C@]1(C)[C@@H](C)[C@H]3C(=O)O[C@@]4(C)O[C@@]1(O[C@@H]34)O2. The maximum Gasteiger partial charge on any atom is 0.314 e. The third-order valence-corrected chi connectivity index (χ3v) is 11.0. The zero-order chi connectivity index (χ0) is 23.4. The molecule has 0 aromatic rings. The van der Waals surface area contributed by atoms with Crippen molar-refractivity contribution < 1.29 is 38.0 Å². The number of carbonyl (C=O) groups is 2. The zero-order valence-corrected chi connectivity index (χ0v) is 20.3. The van der Waals surface area contributed by atoms with Crippen molar-refractivity contribution in [1.82, 2.24) is 0 Å². The van der Waals surface area contributed by atoms with Gasteiger partial charge in [-0.15, -0.1) is 0 Å². The van der Waals surface area contributed by atoms with Gasteiger partial charge >= 0.3 is 11.9 Å². The van der Waals surface area contributed by atoms with Crippen LogP contribution in [-0.2, 0) is 38.0 Å². The molecule has 182 valence electrons. The molecule has 0 aromatic carbocycles. The van der Waals surface area contributed by atoms with E-state index in [0.29, 0.717) is 6.42 Å². The Bertz CT molecular complexity index is 979. The second kappa shape index (κ2) is 5.61. The lowest BCUT2D eigenvalue weighted by atomic mass is 9.47. The van der Waals surface area contributed by atoms with E-state index in [0.717, 1.165) is 12.8 Å². The minimum absolute atomic E-state index is 0.0589. The average molecular weight is 463 g/mol. The molecule has 6 aliphatic heterocycles. The van der Waals surface area contributed by atoms with Crippen molar-refractivity contribution in [3.05, 3.63) is 0 Å². The van der Waals surface area contributed by atoms with Crippen molar-refractivity contribution in [2.75, 3.05) is 6.61 Å². The topological polar surface area (TPSA) is 89.5 Å². The first kappa shape index (κ1) is 21.1. The summed E-state index contributed by atoms with van der Waals surface area (Å²) in [6.07, 6.45) is 2.05. The zero-order valence-electron chi connectivity index (χ0n) is 20.3. The van der Waals surface area contributed by atoms with Gasteiger partial charge in [0, 0.05) is 12.8 Å². The summed E-state index contributed by atoms with van der Waals surface area (Å²) >= 11 is 0. The van der Waals surface area contributed by atoms with Crippen LogP contribution in [0.25, 0.3) is 0 Å². The number of hydrogen-bond acceptors (Lipinski definition) is 8. The Kier molecular flexibility index (Phi) is 3.58. The highest BCUT2D eigenvalue weighted by Crippen LogP contribution is 2.77. The first-order chi connectivity index (χ1) is 15.3. The van der Waals surface area contributed by atoms with Crippen molar-refractivity contribution in [3.63, 3.8) is 0 Å². The van der Waals surface area contributed by atoms with Crippen LogP contribution in [0, 0.1) is 34.5 Å². The van der Waals surface area contributed by atoms with Gasteiger partial charge in [-0.25, -0.2) is 0 Å². The summed E-state index contributed by atoms with van der Waals surface area (Å²) in [5.41, 5.74) is -2.17. The van der Waals surface area contributed by atoms with E-state index in [-0.39, 0.29) is 48.8 Å². The van der Waals surface area contributed by atoms with Gasteiger partial charge < -0.3 is 23.7 Å². The van der Waals surface area contributed by atoms with E-state index in [2.05, 4.69) is 34.6 Å². The molecule has 6 heterocycles. The molecule has 0 N–H and O–H groups in total. The Hall–Kier alpha value is -1.22. The normalized spacial score (nSPS) is 62.0. The van der Waals surface area contributed by atoms with Crippen molar-refractivity contribution in [1.29, 1.82) is 0 Å². The summed E-state index contributed by atoms with van der Waals surface area (Å²) in [7, 11) is 0. The van der Waals surface area contributed by atoms with Gasteiger partial charge in [0.25, 0.3) is 5.97 Å². The Balaban J connectivity index is 1.42. The summed E-state index contributed by atoms with van der Waals surface area (Å²) in [5.74, 6) is -3.06. The van der Waals surface area contributed by atoms with Gasteiger partial charge in [0.1, 0.15) is 12.7 Å². The maximum absolute atomic E-state index is 12.8. The molecule has 1 aliphatic carbocycles. The average Bonchev–Trinajstić information content (AvgIpc) is 3.30. The van der Waals surface area contributed by atoms with Crippen LogP contribution in [-0.4, -0.2) is 53.7 Å². The van der Waals surface area contributed by atoms with E-state index in [1.54, 1.807) is 6.92 Å². The smallest absolute Gasteiger partial charge is 0.314 e. The fraction of sp³-hybridized carbons (Fsp3) is 0.920. The molecule has 0 radical (unpaired) electrons. The predicted octanol–water partition coefficient (Wildman–Crippen LogP) is 2.92. The molecular weight excluding hydrogens is 428 g/mol. The fourth-order valence-corrected chi connectivity index (χ4v) is 9.30. The number of cyclic esters (lactones) is 1. The number of carbonyl (C=O) groups excluding carboxylic acids is 2. The summed E-state index contributed by atoms with van der Waals surface area (Å²) in [5, 5.41) is 0. The van der Waals surface area contributed by atoms with E-state index >= 15 is 0 Å².